The highest BCUT2D eigenvalue weighted by atomic mass is 79.9. The Labute approximate surface area is 118 Å². The van der Waals surface area contributed by atoms with Crippen molar-refractivity contribution in [2.45, 2.75) is 65.6 Å². The van der Waals surface area contributed by atoms with Crippen LogP contribution in [0.3, 0.4) is 0 Å². The Bertz CT molecular complexity index is 396. The van der Waals surface area contributed by atoms with Crippen LogP contribution < -0.4 is 5.32 Å². The Kier molecular flexibility index (Phi) is 4.84. The van der Waals surface area contributed by atoms with Gasteiger partial charge in [0.05, 0.1) is 15.9 Å². The van der Waals surface area contributed by atoms with E-state index < -0.39 is 0 Å². The minimum Gasteiger partial charge on any atom is -0.308 e. The molecule has 1 unspecified atom stereocenters. The van der Waals surface area contributed by atoms with Gasteiger partial charge in [-0.15, -0.1) is 0 Å². The average Bonchev–Trinajstić information content (AvgIpc) is 2.60. The van der Waals surface area contributed by atoms with E-state index >= 15 is 0 Å². The predicted octanol–water partition coefficient (Wildman–Crippen LogP) is 3.51. The molecule has 102 valence electrons. The van der Waals surface area contributed by atoms with E-state index in [-0.39, 0.29) is 0 Å². The molecule has 1 heterocycles. The summed E-state index contributed by atoms with van der Waals surface area (Å²) in [7, 11) is 0. The van der Waals surface area contributed by atoms with Crippen molar-refractivity contribution in [1.29, 1.82) is 0 Å². The van der Waals surface area contributed by atoms with Crippen LogP contribution in [0, 0.1) is 5.92 Å². The highest BCUT2D eigenvalue weighted by molar-refractivity contribution is 9.10. The van der Waals surface area contributed by atoms with Crippen molar-refractivity contribution in [1.82, 2.24) is 15.1 Å². The molecule has 1 aromatic heterocycles. The number of halogens is 1. The summed E-state index contributed by atoms with van der Waals surface area (Å²) in [5.74, 6) is 0.882. The summed E-state index contributed by atoms with van der Waals surface area (Å²) < 4.78 is 3.31. The van der Waals surface area contributed by atoms with Crippen molar-refractivity contribution < 1.29 is 0 Å². The van der Waals surface area contributed by atoms with E-state index in [2.05, 4.69) is 51.8 Å². The number of aryl methyl sites for hydroxylation is 2. The van der Waals surface area contributed by atoms with E-state index in [1.54, 1.807) is 0 Å². The third-order valence-corrected chi connectivity index (χ3v) is 5.06. The van der Waals surface area contributed by atoms with Crippen LogP contribution in [0.5, 0.6) is 0 Å². The fourth-order valence-corrected chi connectivity index (χ4v) is 3.25. The Morgan fingerprint density at radius 2 is 2.17 bits per heavy atom. The van der Waals surface area contributed by atoms with E-state index in [1.807, 2.05) is 0 Å². The number of hydrogen-bond acceptors (Lipinski definition) is 2. The molecule has 4 heteroatoms. The number of nitrogens with one attached hydrogen (secondary N) is 1. The van der Waals surface area contributed by atoms with Gasteiger partial charge in [0.2, 0.25) is 0 Å². The van der Waals surface area contributed by atoms with Crippen LogP contribution in [0.2, 0.25) is 0 Å². The van der Waals surface area contributed by atoms with Gasteiger partial charge in [-0.05, 0) is 55.0 Å². The van der Waals surface area contributed by atoms with Crippen LogP contribution in [-0.2, 0) is 19.5 Å². The molecular weight excluding hydrogens is 290 g/mol. The Morgan fingerprint density at radius 3 is 2.67 bits per heavy atom. The third-order valence-electron chi connectivity index (χ3n) is 4.14. The Morgan fingerprint density at radius 1 is 1.44 bits per heavy atom. The van der Waals surface area contributed by atoms with Gasteiger partial charge in [-0.25, -0.2) is 0 Å². The average molecular weight is 314 g/mol. The predicted molar refractivity (Wildman–Crippen MR) is 78.6 cm³/mol. The van der Waals surface area contributed by atoms with Gasteiger partial charge < -0.3 is 5.32 Å². The number of aromatic nitrogens is 2. The maximum Gasteiger partial charge on any atom is 0.0767 e. The molecule has 0 saturated heterocycles. The lowest BCUT2D eigenvalue weighted by Crippen LogP contribution is -2.37. The number of hydrogen-bond donors (Lipinski definition) is 1. The maximum absolute atomic E-state index is 4.63. The topological polar surface area (TPSA) is 29.9 Å². The van der Waals surface area contributed by atoms with Crippen molar-refractivity contribution >= 4 is 15.9 Å². The molecule has 1 fully saturated rings. The van der Waals surface area contributed by atoms with E-state index in [0.717, 1.165) is 25.4 Å². The zero-order valence-corrected chi connectivity index (χ0v) is 13.3. The van der Waals surface area contributed by atoms with Crippen LogP contribution in [0.4, 0.5) is 0 Å². The van der Waals surface area contributed by atoms with Crippen molar-refractivity contribution in [2.24, 2.45) is 5.92 Å². The third kappa shape index (κ3) is 2.80. The lowest BCUT2D eigenvalue weighted by atomic mass is 9.80. The quantitative estimate of drug-likeness (QED) is 0.871. The Hall–Kier alpha value is -0.350. The first-order valence-corrected chi connectivity index (χ1v) is 7.94. The van der Waals surface area contributed by atoms with Crippen LogP contribution in [-0.4, -0.2) is 15.8 Å². The zero-order chi connectivity index (χ0) is 13.1. The zero-order valence-electron chi connectivity index (χ0n) is 11.7. The van der Waals surface area contributed by atoms with Gasteiger partial charge in [-0.3, -0.25) is 4.68 Å². The van der Waals surface area contributed by atoms with Crippen molar-refractivity contribution in [3.63, 3.8) is 0 Å². The molecule has 0 aromatic carbocycles. The van der Waals surface area contributed by atoms with Crippen molar-refractivity contribution in [3.8, 4) is 0 Å². The van der Waals surface area contributed by atoms with Gasteiger partial charge in [0.1, 0.15) is 0 Å². The minimum atomic E-state index is 0.621. The summed E-state index contributed by atoms with van der Waals surface area (Å²) in [5, 5.41) is 8.30. The molecule has 0 amide bonds. The second-order valence-electron chi connectivity index (χ2n) is 5.24. The van der Waals surface area contributed by atoms with Gasteiger partial charge in [-0.1, -0.05) is 13.3 Å². The standard InChI is InChI=1S/C14H24BrN3/c1-4-12-14(15)13(18(5-2)17-12)9-16-10(3)11-7-6-8-11/h10-11,16H,4-9H2,1-3H3. The molecule has 0 aliphatic heterocycles. The van der Waals surface area contributed by atoms with E-state index in [1.165, 1.54) is 35.1 Å². The maximum atomic E-state index is 4.63. The summed E-state index contributed by atoms with van der Waals surface area (Å²) in [6, 6.07) is 0.621. The SMILES string of the molecule is CCc1nn(CC)c(CNC(C)C2CCC2)c1Br. The molecule has 0 radical (unpaired) electrons. The van der Waals surface area contributed by atoms with Crippen LogP contribution in [0.1, 0.15) is 51.4 Å². The number of rotatable bonds is 6. The van der Waals surface area contributed by atoms with Gasteiger partial charge in [0.25, 0.3) is 0 Å². The highest BCUT2D eigenvalue weighted by Gasteiger charge is 2.24. The molecule has 1 aliphatic carbocycles. The first-order chi connectivity index (χ1) is 8.67. The second-order valence-corrected chi connectivity index (χ2v) is 6.03. The smallest absolute Gasteiger partial charge is 0.0767 e. The fourth-order valence-electron chi connectivity index (χ4n) is 2.55. The van der Waals surface area contributed by atoms with Gasteiger partial charge >= 0.3 is 0 Å². The summed E-state index contributed by atoms with van der Waals surface area (Å²) in [6.45, 7) is 8.47. The monoisotopic (exact) mass is 313 g/mol. The molecule has 1 saturated carbocycles. The fraction of sp³-hybridized carbons (Fsp3) is 0.786. The van der Waals surface area contributed by atoms with Crippen LogP contribution >= 0.6 is 15.9 Å². The summed E-state index contributed by atoms with van der Waals surface area (Å²) >= 11 is 3.70. The van der Waals surface area contributed by atoms with Crippen molar-refractivity contribution in [2.75, 3.05) is 0 Å². The van der Waals surface area contributed by atoms with Crippen LogP contribution in [0.25, 0.3) is 0 Å². The van der Waals surface area contributed by atoms with Gasteiger partial charge in [-0.2, -0.15) is 5.10 Å². The lowest BCUT2D eigenvalue weighted by Gasteiger charge is -2.32. The minimum absolute atomic E-state index is 0.621. The molecule has 3 nitrogen and oxygen atoms in total. The molecular formula is C14H24BrN3. The van der Waals surface area contributed by atoms with Crippen LogP contribution in [0.15, 0.2) is 4.47 Å². The molecule has 1 aliphatic rings. The highest BCUT2D eigenvalue weighted by Crippen LogP contribution is 2.30. The molecule has 18 heavy (non-hydrogen) atoms. The first kappa shape index (κ1) is 14.1. The molecule has 1 aromatic rings. The molecule has 1 N–H and O–H groups in total. The summed E-state index contributed by atoms with van der Waals surface area (Å²) in [5.41, 5.74) is 2.46. The van der Waals surface area contributed by atoms with Gasteiger partial charge in [0.15, 0.2) is 0 Å². The van der Waals surface area contributed by atoms with Gasteiger partial charge in [0, 0.05) is 19.1 Å². The van der Waals surface area contributed by atoms with E-state index in [4.69, 9.17) is 0 Å². The molecule has 0 bridgehead atoms. The Balaban J connectivity index is 2.00. The lowest BCUT2D eigenvalue weighted by molar-refractivity contribution is 0.238. The first-order valence-electron chi connectivity index (χ1n) is 7.14. The largest absolute Gasteiger partial charge is 0.308 e. The van der Waals surface area contributed by atoms with E-state index in [0.29, 0.717) is 6.04 Å². The summed E-state index contributed by atoms with van der Waals surface area (Å²) in [6.07, 6.45) is 5.18. The molecule has 2 rings (SSSR count). The summed E-state index contributed by atoms with van der Waals surface area (Å²) in [4.78, 5) is 0. The van der Waals surface area contributed by atoms with E-state index in [9.17, 15) is 0 Å². The normalized spacial score (nSPS) is 17.8. The van der Waals surface area contributed by atoms with Crippen molar-refractivity contribution in [3.05, 3.63) is 15.9 Å². The molecule has 0 spiro atoms. The second kappa shape index (κ2) is 6.20. The number of nitrogens with zero attached hydrogens (tertiary/aromatic N) is 2. The molecule has 1 atom stereocenters.